The molecular weight excluding hydrogens is 366 g/mol. The summed E-state index contributed by atoms with van der Waals surface area (Å²) in [5.74, 6) is 6.29. The summed E-state index contributed by atoms with van der Waals surface area (Å²) in [6, 6.07) is 14.5. The van der Waals surface area contributed by atoms with E-state index in [0.717, 1.165) is 21.5 Å². The van der Waals surface area contributed by atoms with Crippen LogP contribution in [0.5, 0.6) is 5.75 Å². The molecule has 0 aliphatic carbocycles. The minimum Gasteiger partial charge on any atom is -0.508 e. The van der Waals surface area contributed by atoms with Crippen molar-refractivity contribution in [1.82, 2.24) is 9.66 Å². The summed E-state index contributed by atoms with van der Waals surface area (Å²) in [6.45, 7) is 8.80. The molecular formula is C22H29N5O2. The molecule has 7 nitrogen and oxygen atoms in total. The molecule has 0 saturated heterocycles. The number of aryl methyl sites for hydroxylation is 2. The molecule has 1 aromatic heterocycles. The Morgan fingerprint density at radius 3 is 2.38 bits per heavy atom. The molecule has 0 aliphatic rings. The van der Waals surface area contributed by atoms with Gasteiger partial charge in [0.1, 0.15) is 5.75 Å². The van der Waals surface area contributed by atoms with Crippen LogP contribution in [0.2, 0.25) is 0 Å². The standard InChI is InChI=1S/C20H23N5O2.C2H6/c1-13-3-6-15(7-4-13)11-23-20-24-16(9-19(27)25(20)21)12-22-18-10-17(26)8-5-14(18)2;1-2/h3-10,22,26H,11-12,21H2,1-2H3,(H,23,24);1-2H3. The van der Waals surface area contributed by atoms with Crippen LogP contribution in [0, 0.1) is 13.8 Å². The lowest BCUT2D eigenvalue weighted by atomic mass is 10.1. The molecule has 29 heavy (non-hydrogen) atoms. The number of hydrogen-bond donors (Lipinski definition) is 4. The molecule has 0 aliphatic heterocycles. The van der Waals surface area contributed by atoms with Gasteiger partial charge in [0.05, 0.1) is 12.2 Å². The maximum Gasteiger partial charge on any atom is 0.273 e. The highest BCUT2D eigenvalue weighted by Gasteiger charge is 2.08. The summed E-state index contributed by atoms with van der Waals surface area (Å²) in [6.07, 6.45) is 0. The fourth-order valence-corrected chi connectivity index (χ4v) is 2.63. The summed E-state index contributed by atoms with van der Waals surface area (Å²) in [5, 5.41) is 15.9. The van der Waals surface area contributed by atoms with E-state index in [9.17, 15) is 9.90 Å². The Balaban J connectivity index is 0.00000145. The highest BCUT2D eigenvalue weighted by atomic mass is 16.3. The van der Waals surface area contributed by atoms with Crippen LogP contribution in [0.25, 0.3) is 0 Å². The minimum absolute atomic E-state index is 0.175. The van der Waals surface area contributed by atoms with Gasteiger partial charge in [0.2, 0.25) is 5.95 Å². The summed E-state index contributed by atoms with van der Waals surface area (Å²) in [7, 11) is 0. The number of phenols is 1. The predicted molar refractivity (Wildman–Crippen MR) is 119 cm³/mol. The van der Waals surface area contributed by atoms with Gasteiger partial charge in [0, 0.05) is 24.4 Å². The van der Waals surface area contributed by atoms with Crippen molar-refractivity contribution in [1.29, 1.82) is 0 Å². The van der Waals surface area contributed by atoms with Crippen molar-refractivity contribution in [2.45, 2.75) is 40.8 Å². The van der Waals surface area contributed by atoms with E-state index in [0.29, 0.717) is 24.7 Å². The second kappa shape index (κ2) is 10.2. The van der Waals surface area contributed by atoms with Crippen LogP contribution in [0.1, 0.15) is 36.2 Å². The number of aromatic nitrogens is 2. The lowest BCUT2D eigenvalue weighted by Gasteiger charge is -2.13. The van der Waals surface area contributed by atoms with Crippen molar-refractivity contribution in [3.8, 4) is 5.75 Å². The number of nitrogens with one attached hydrogen (secondary N) is 2. The van der Waals surface area contributed by atoms with Crippen LogP contribution in [0.3, 0.4) is 0 Å². The summed E-state index contributed by atoms with van der Waals surface area (Å²) >= 11 is 0. The van der Waals surface area contributed by atoms with Crippen molar-refractivity contribution >= 4 is 11.6 Å². The number of phenolic OH excluding ortho intramolecular Hbond substituents is 1. The highest BCUT2D eigenvalue weighted by Crippen LogP contribution is 2.21. The molecule has 0 spiro atoms. The average molecular weight is 396 g/mol. The molecule has 1 heterocycles. The molecule has 7 heteroatoms. The van der Waals surface area contributed by atoms with E-state index in [-0.39, 0.29) is 11.3 Å². The molecule has 0 atom stereocenters. The van der Waals surface area contributed by atoms with E-state index in [1.165, 1.54) is 11.6 Å². The molecule has 2 aromatic carbocycles. The van der Waals surface area contributed by atoms with E-state index < -0.39 is 0 Å². The fraction of sp³-hybridized carbons (Fsp3) is 0.273. The van der Waals surface area contributed by atoms with Crippen LogP contribution in [0.15, 0.2) is 53.3 Å². The molecule has 0 fully saturated rings. The Hall–Kier alpha value is -3.48. The number of nitrogens with two attached hydrogens (primary N) is 1. The quantitative estimate of drug-likeness (QED) is 0.476. The molecule has 3 rings (SSSR count). The van der Waals surface area contributed by atoms with Crippen LogP contribution >= 0.6 is 0 Å². The Morgan fingerprint density at radius 2 is 1.69 bits per heavy atom. The van der Waals surface area contributed by atoms with E-state index in [1.807, 2.05) is 58.0 Å². The Morgan fingerprint density at radius 1 is 1.00 bits per heavy atom. The first kappa shape index (κ1) is 21.8. The van der Waals surface area contributed by atoms with E-state index in [1.54, 1.807) is 12.1 Å². The van der Waals surface area contributed by atoms with Gasteiger partial charge in [-0.15, -0.1) is 0 Å². The molecule has 0 radical (unpaired) electrons. The first-order chi connectivity index (χ1) is 13.9. The summed E-state index contributed by atoms with van der Waals surface area (Å²) < 4.78 is 0.997. The third kappa shape index (κ3) is 6.00. The third-order valence-electron chi connectivity index (χ3n) is 4.26. The topological polar surface area (TPSA) is 105 Å². The molecule has 5 N–H and O–H groups in total. The van der Waals surface area contributed by atoms with Gasteiger partial charge in [-0.05, 0) is 31.0 Å². The molecule has 0 amide bonds. The van der Waals surface area contributed by atoms with Crippen molar-refractivity contribution in [3.63, 3.8) is 0 Å². The molecule has 154 valence electrons. The van der Waals surface area contributed by atoms with Crippen LogP contribution in [-0.2, 0) is 13.1 Å². The molecule has 0 unspecified atom stereocenters. The van der Waals surface area contributed by atoms with Crippen molar-refractivity contribution in [3.05, 3.63) is 81.3 Å². The van der Waals surface area contributed by atoms with E-state index in [4.69, 9.17) is 5.84 Å². The number of nitrogen functional groups attached to an aromatic ring is 1. The van der Waals surface area contributed by atoms with Gasteiger partial charge in [0.25, 0.3) is 5.56 Å². The van der Waals surface area contributed by atoms with E-state index in [2.05, 4.69) is 15.6 Å². The van der Waals surface area contributed by atoms with Gasteiger partial charge >= 0.3 is 0 Å². The van der Waals surface area contributed by atoms with E-state index >= 15 is 0 Å². The number of hydrogen-bond acceptors (Lipinski definition) is 6. The van der Waals surface area contributed by atoms with Crippen LogP contribution in [-0.4, -0.2) is 14.8 Å². The van der Waals surface area contributed by atoms with Gasteiger partial charge in [-0.3, -0.25) is 4.79 Å². The van der Waals surface area contributed by atoms with Crippen molar-refractivity contribution < 1.29 is 5.11 Å². The Labute approximate surface area is 171 Å². The first-order valence-corrected chi connectivity index (χ1v) is 9.63. The number of anilines is 2. The number of aromatic hydroxyl groups is 1. The van der Waals surface area contributed by atoms with Gasteiger partial charge in [-0.1, -0.05) is 49.7 Å². The zero-order valence-electron chi connectivity index (χ0n) is 17.4. The van der Waals surface area contributed by atoms with Crippen molar-refractivity contribution in [2.75, 3.05) is 16.5 Å². The first-order valence-electron chi connectivity index (χ1n) is 9.63. The SMILES string of the molecule is CC.Cc1ccc(CNc2nc(CNc3cc(O)ccc3C)cc(=O)n2N)cc1. The lowest BCUT2D eigenvalue weighted by molar-refractivity contribution is 0.475. The van der Waals surface area contributed by atoms with Gasteiger partial charge in [0.15, 0.2) is 0 Å². The Kier molecular flexibility index (Phi) is 7.65. The van der Waals surface area contributed by atoms with Crippen LogP contribution in [0.4, 0.5) is 11.6 Å². The average Bonchev–Trinajstić information content (AvgIpc) is 2.72. The normalized spacial score (nSPS) is 10.1. The second-order valence-electron chi connectivity index (χ2n) is 6.47. The molecule has 0 saturated carbocycles. The lowest BCUT2D eigenvalue weighted by Crippen LogP contribution is -2.31. The highest BCUT2D eigenvalue weighted by molar-refractivity contribution is 5.54. The zero-order chi connectivity index (χ0) is 21.4. The Bertz CT molecular complexity index is 997. The predicted octanol–water partition coefficient (Wildman–Crippen LogP) is 3.53. The zero-order valence-corrected chi connectivity index (χ0v) is 17.4. The number of rotatable bonds is 6. The monoisotopic (exact) mass is 395 g/mol. The smallest absolute Gasteiger partial charge is 0.273 e. The summed E-state index contributed by atoms with van der Waals surface area (Å²) in [5.41, 5.74) is 4.22. The minimum atomic E-state index is -0.346. The molecule has 0 bridgehead atoms. The second-order valence-corrected chi connectivity index (χ2v) is 6.47. The van der Waals surface area contributed by atoms with Crippen molar-refractivity contribution in [2.24, 2.45) is 0 Å². The van der Waals surface area contributed by atoms with Gasteiger partial charge in [-0.2, -0.15) is 4.68 Å². The van der Waals surface area contributed by atoms with Crippen LogP contribution < -0.4 is 22.0 Å². The molecule has 3 aromatic rings. The van der Waals surface area contributed by atoms with Gasteiger partial charge < -0.3 is 21.6 Å². The van der Waals surface area contributed by atoms with Gasteiger partial charge in [-0.25, -0.2) is 4.98 Å². The largest absolute Gasteiger partial charge is 0.508 e. The maximum absolute atomic E-state index is 12.1. The maximum atomic E-state index is 12.1. The fourth-order valence-electron chi connectivity index (χ4n) is 2.63. The summed E-state index contributed by atoms with van der Waals surface area (Å²) in [4.78, 5) is 16.6. The number of nitrogens with zero attached hydrogens (tertiary/aromatic N) is 2. The number of benzene rings is 2. The third-order valence-corrected chi connectivity index (χ3v) is 4.26.